The summed E-state index contributed by atoms with van der Waals surface area (Å²) in [6.07, 6.45) is -20.3. The monoisotopic (exact) mass is 1180 g/mol. The van der Waals surface area contributed by atoms with Crippen LogP contribution in [0.4, 0.5) is 52.7 Å². The van der Waals surface area contributed by atoms with E-state index in [0.717, 1.165) is 78.5 Å². The molecule has 0 saturated carbocycles. The minimum Gasteiger partial charge on any atom is -0.475 e. The van der Waals surface area contributed by atoms with E-state index in [1.807, 2.05) is 0 Å². The van der Waals surface area contributed by atoms with E-state index in [4.69, 9.17) is 60.0 Å². The predicted molar refractivity (Wildman–Crippen MR) is 194 cm³/mol. The van der Waals surface area contributed by atoms with Crippen LogP contribution >= 0.6 is 0 Å². The van der Waals surface area contributed by atoms with Crippen molar-refractivity contribution in [2.45, 2.75) is 80.1 Å². The molecule has 0 heterocycles. The van der Waals surface area contributed by atoms with E-state index in [0.29, 0.717) is 0 Å². The van der Waals surface area contributed by atoms with Crippen LogP contribution in [0, 0.1) is 0 Å². The molecule has 0 bridgehead atoms. The first-order valence-electron chi connectivity index (χ1n) is 17.7. The van der Waals surface area contributed by atoms with Crippen molar-refractivity contribution in [3.05, 3.63) is 0 Å². The molecular formula is C32H64Cu4F12N4O12+4. The molecular weight excluding hydrogens is 1110 g/mol. The molecule has 0 aromatic heterocycles. The molecule has 0 fully saturated rings. The van der Waals surface area contributed by atoms with E-state index in [-0.39, 0.29) is 94.7 Å². The smallest absolute Gasteiger partial charge is 0.475 e. The molecule has 0 aromatic carbocycles. The molecule has 0 aliphatic rings. The Labute approximate surface area is 408 Å². The largest absolute Gasteiger partial charge is 1.00 e. The van der Waals surface area contributed by atoms with Crippen molar-refractivity contribution in [3.8, 4) is 0 Å². The van der Waals surface area contributed by atoms with Crippen molar-refractivity contribution in [3.63, 3.8) is 0 Å². The minimum absolute atomic E-state index is 0. The van der Waals surface area contributed by atoms with Crippen molar-refractivity contribution in [2.75, 3.05) is 105 Å². The summed E-state index contributed by atoms with van der Waals surface area (Å²) in [6, 6.07) is 0. The quantitative estimate of drug-likeness (QED) is 0.0810. The third-order valence-electron chi connectivity index (χ3n) is 6.21. The zero-order valence-corrected chi connectivity index (χ0v) is 39.8. The van der Waals surface area contributed by atoms with Crippen LogP contribution < -0.4 is 0 Å². The summed E-state index contributed by atoms with van der Waals surface area (Å²) in [6.45, 7) is 29.4. The van der Waals surface area contributed by atoms with E-state index < -0.39 is 48.6 Å². The number of aliphatic hydroxyl groups is 4. The van der Waals surface area contributed by atoms with Crippen LogP contribution in [0.3, 0.4) is 0 Å². The van der Waals surface area contributed by atoms with Crippen LogP contribution in [0.1, 0.15) is 55.4 Å². The van der Waals surface area contributed by atoms with Gasteiger partial charge in [0.05, 0.1) is 26.4 Å². The summed E-state index contributed by atoms with van der Waals surface area (Å²) in [5.41, 5.74) is 0. The molecule has 0 aliphatic heterocycles. The van der Waals surface area contributed by atoms with Crippen LogP contribution in [0.5, 0.6) is 0 Å². The van der Waals surface area contributed by atoms with Crippen LogP contribution in [-0.4, -0.2) is 214 Å². The number of nitrogens with zero attached hydrogens (tertiary/aromatic N) is 4. The van der Waals surface area contributed by atoms with Gasteiger partial charge in [0.15, 0.2) is 0 Å². The van der Waals surface area contributed by atoms with Crippen LogP contribution in [0.15, 0.2) is 0 Å². The Bertz CT molecular complexity index is 850. The molecule has 0 rings (SSSR count). The number of likely N-dealkylation sites (N-methyl/N-ethyl adjacent to an activating group) is 4. The van der Waals surface area contributed by atoms with Gasteiger partial charge in [0.2, 0.25) is 0 Å². The molecule has 64 heavy (non-hydrogen) atoms. The van der Waals surface area contributed by atoms with Gasteiger partial charge in [-0.3, -0.25) is 0 Å². The predicted octanol–water partition coefficient (Wildman–Crippen LogP) is 3.81. The molecule has 0 radical (unpaired) electrons. The summed E-state index contributed by atoms with van der Waals surface area (Å²) in [7, 11) is 0. The Morgan fingerprint density at radius 1 is 0.312 bits per heavy atom. The summed E-state index contributed by atoms with van der Waals surface area (Å²) >= 11 is 0. The molecule has 8 N–H and O–H groups in total. The Morgan fingerprint density at radius 2 is 0.391 bits per heavy atom. The van der Waals surface area contributed by atoms with Gasteiger partial charge in [0.1, 0.15) is 0 Å². The zero-order chi connectivity index (χ0) is 49.9. The fourth-order valence-electron chi connectivity index (χ4n) is 2.73. The second kappa shape index (κ2) is 57.9. The van der Waals surface area contributed by atoms with Gasteiger partial charge in [0, 0.05) is 26.2 Å². The second-order valence-electron chi connectivity index (χ2n) is 10.2. The van der Waals surface area contributed by atoms with Crippen molar-refractivity contribution in [2.24, 2.45) is 0 Å². The molecule has 16 nitrogen and oxygen atoms in total. The summed E-state index contributed by atoms with van der Waals surface area (Å²) in [5, 5.41) is 62.3. The summed E-state index contributed by atoms with van der Waals surface area (Å²) in [5.74, 6) is -11.0. The number of aliphatic hydroxyl groups excluding tert-OH is 4. The molecule has 0 unspecified atom stereocenters. The van der Waals surface area contributed by atoms with Crippen molar-refractivity contribution in [1.82, 2.24) is 19.6 Å². The van der Waals surface area contributed by atoms with Crippen molar-refractivity contribution < 1.29 is 181 Å². The molecule has 0 aromatic rings. The first-order valence-corrected chi connectivity index (χ1v) is 17.7. The average Bonchev–Trinajstić information content (AvgIpc) is 3.14. The molecule has 0 aliphatic carbocycles. The van der Waals surface area contributed by atoms with Gasteiger partial charge >= 0.3 is 117 Å². The number of carboxylic acid groups (broad SMARTS) is 4. The maximum atomic E-state index is 10.6. The van der Waals surface area contributed by atoms with Crippen molar-refractivity contribution in [1.29, 1.82) is 0 Å². The van der Waals surface area contributed by atoms with E-state index in [9.17, 15) is 52.7 Å². The number of hydrogen-bond donors (Lipinski definition) is 8. The fourth-order valence-corrected chi connectivity index (χ4v) is 2.73. The first-order chi connectivity index (χ1) is 27.2. The van der Waals surface area contributed by atoms with E-state index in [1.165, 1.54) is 0 Å². The third kappa shape index (κ3) is 84.2. The average molecular weight is 1180 g/mol. The zero-order valence-electron chi connectivity index (χ0n) is 36.1. The summed E-state index contributed by atoms with van der Waals surface area (Å²) < 4.78 is 127. The van der Waals surface area contributed by atoms with E-state index in [1.54, 1.807) is 0 Å². The Kier molecular flexibility index (Phi) is 84.1. The van der Waals surface area contributed by atoms with Crippen LogP contribution in [0.25, 0.3) is 0 Å². The third-order valence-corrected chi connectivity index (χ3v) is 6.21. The molecule has 408 valence electrons. The normalized spacial score (nSPS) is 10.2. The van der Waals surface area contributed by atoms with Gasteiger partial charge in [-0.05, 0) is 52.4 Å². The SMILES string of the molecule is CCN(CC)CCO.CCN(CC)CCO.CCN(CC)CCO.CCN(CC)CCO.O=C(O)C(F)(F)F.O=C(O)C(F)(F)F.O=C(O)C(F)(F)F.O=C(O)C(F)(F)F.[Cu+].[Cu+].[Cu+].[Cu+]. The number of alkyl halides is 12. The molecule has 32 heteroatoms. The molecule has 0 atom stereocenters. The molecule has 0 saturated heterocycles. The number of rotatable bonds is 16. The maximum Gasteiger partial charge on any atom is 1.00 e. The number of halogens is 12. The topological polar surface area (TPSA) is 243 Å². The maximum absolute atomic E-state index is 10.6. The van der Waals surface area contributed by atoms with Gasteiger partial charge in [-0.1, -0.05) is 55.4 Å². The van der Waals surface area contributed by atoms with E-state index in [2.05, 4.69) is 75.0 Å². The van der Waals surface area contributed by atoms with Gasteiger partial charge in [-0.2, -0.15) is 52.7 Å². The van der Waals surface area contributed by atoms with E-state index >= 15 is 0 Å². The number of carbonyl (C=O) groups is 4. The Hall–Kier alpha value is -1.20. The van der Waals surface area contributed by atoms with Crippen LogP contribution in [-0.2, 0) is 87.5 Å². The fraction of sp³-hybridized carbons (Fsp3) is 0.875. The first kappa shape index (κ1) is 92.9. The second-order valence-corrected chi connectivity index (χ2v) is 10.2. The number of carboxylic acids is 4. The van der Waals surface area contributed by atoms with Gasteiger partial charge in [-0.15, -0.1) is 0 Å². The van der Waals surface area contributed by atoms with Crippen molar-refractivity contribution >= 4 is 23.9 Å². The Balaban J connectivity index is -0.0000000479. The van der Waals surface area contributed by atoms with Gasteiger partial charge in [-0.25, -0.2) is 19.2 Å². The number of hydrogen-bond acceptors (Lipinski definition) is 12. The Morgan fingerprint density at radius 3 is 0.406 bits per heavy atom. The summed E-state index contributed by atoms with van der Waals surface area (Å²) in [4.78, 5) is 44.3. The van der Waals surface area contributed by atoms with Crippen LogP contribution in [0.2, 0.25) is 0 Å². The standard InChI is InChI=1S/4C6H15NO.4C2HF3O2.4Cu/c4*1-3-7(4-2)5-6-8;4*3-2(4,5)1(6)7;;;;/h4*8H,3-6H2,1-2H3;4*(H,6,7);;;;/q;;;;;;;;4*+1. The number of aliphatic carboxylic acids is 4. The molecule has 0 amide bonds. The van der Waals surface area contributed by atoms with Gasteiger partial charge in [0.25, 0.3) is 0 Å². The van der Waals surface area contributed by atoms with Gasteiger partial charge < -0.3 is 60.5 Å². The minimum atomic E-state index is -5.08. The molecule has 0 spiro atoms.